The Kier molecular flexibility index (Phi) is 3.42. The SMILES string of the molecule is CCc1ccc(CN2CCCC2)cc1C. The largest absolute Gasteiger partial charge is 0.299 e. The summed E-state index contributed by atoms with van der Waals surface area (Å²) in [5, 5.41) is 0. The second kappa shape index (κ2) is 4.80. The van der Waals surface area contributed by atoms with Gasteiger partial charge in [-0.2, -0.15) is 0 Å². The predicted molar refractivity (Wildman–Crippen MR) is 65.1 cm³/mol. The fourth-order valence-corrected chi connectivity index (χ4v) is 2.45. The molecule has 0 aromatic heterocycles. The lowest BCUT2D eigenvalue weighted by atomic mass is 10.0. The molecule has 82 valence electrons. The molecule has 1 heteroatoms. The molecule has 0 aliphatic carbocycles. The lowest BCUT2D eigenvalue weighted by Crippen LogP contribution is -2.18. The minimum atomic E-state index is 1.14. The van der Waals surface area contributed by atoms with Crippen LogP contribution in [-0.2, 0) is 13.0 Å². The van der Waals surface area contributed by atoms with Gasteiger partial charge in [0.1, 0.15) is 0 Å². The summed E-state index contributed by atoms with van der Waals surface area (Å²) in [5.74, 6) is 0. The molecule has 2 rings (SSSR count). The first kappa shape index (κ1) is 10.7. The third-order valence-electron chi connectivity index (χ3n) is 3.39. The zero-order chi connectivity index (χ0) is 10.7. The van der Waals surface area contributed by atoms with Gasteiger partial charge in [-0.1, -0.05) is 25.1 Å². The molecule has 0 atom stereocenters. The molecule has 1 nitrogen and oxygen atoms in total. The molecular weight excluding hydrogens is 182 g/mol. The molecule has 1 aliphatic heterocycles. The fraction of sp³-hybridized carbons (Fsp3) is 0.571. The van der Waals surface area contributed by atoms with Crippen molar-refractivity contribution in [1.29, 1.82) is 0 Å². The number of nitrogens with zero attached hydrogens (tertiary/aromatic N) is 1. The zero-order valence-corrected chi connectivity index (χ0v) is 9.92. The van der Waals surface area contributed by atoms with Crippen LogP contribution in [0.5, 0.6) is 0 Å². The smallest absolute Gasteiger partial charge is 0.0233 e. The van der Waals surface area contributed by atoms with Gasteiger partial charge in [0.25, 0.3) is 0 Å². The van der Waals surface area contributed by atoms with Crippen molar-refractivity contribution in [2.75, 3.05) is 13.1 Å². The molecule has 0 saturated carbocycles. The van der Waals surface area contributed by atoms with Crippen molar-refractivity contribution in [3.8, 4) is 0 Å². The first-order valence-corrected chi connectivity index (χ1v) is 6.10. The molecular formula is C14H21N. The summed E-state index contributed by atoms with van der Waals surface area (Å²) >= 11 is 0. The predicted octanol–water partition coefficient (Wildman–Crippen LogP) is 3.15. The molecule has 0 amide bonds. The average Bonchev–Trinajstić information content (AvgIpc) is 2.71. The monoisotopic (exact) mass is 203 g/mol. The number of benzene rings is 1. The summed E-state index contributed by atoms with van der Waals surface area (Å²) in [5.41, 5.74) is 4.42. The van der Waals surface area contributed by atoms with E-state index in [9.17, 15) is 0 Å². The standard InChI is InChI=1S/C14H21N/c1-3-14-7-6-13(10-12(14)2)11-15-8-4-5-9-15/h6-7,10H,3-5,8-9,11H2,1-2H3. The molecule has 1 heterocycles. The number of hydrogen-bond donors (Lipinski definition) is 0. The highest BCUT2D eigenvalue weighted by Gasteiger charge is 2.11. The van der Waals surface area contributed by atoms with E-state index in [-0.39, 0.29) is 0 Å². The number of rotatable bonds is 3. The van der Waals surface area contributed by atoms with Gasteiger partial charge in [0.05, 0.1) is 0 Å². The zero-order valence-electron chi connectivity index (χ0n) is 9.92. The summed E-state index contributed by atoms with van der Waals surface area (Å²) in [6, 6.07) is 6.95. The van der Waals surface area contributed by atoms with Crippen LogP contribution >= 0.6 is 0 Å². The Morgan fingerprint density at radius 2 is 1.93 bits per heavy atom. The van der Waals surface area contributed by atoms with Crippen LogP contribution in [-0.4, -0.2) is 18.0 Å². The molecule has 1 aliphatic rings. The van der Waals surface area contributed by atoms with E-state index in [1.54, 1.807) is 0 Å². The van der Waals surface area contributed by atoms with Gasteiger partial charge in [-0.15, -0.1) is 0 Å². The molecule has 0 N–H and O–H groups in total. The van der Waals surface area contributed by atoms with Gasteiger partial charge < -0.3 is 0 Å². The average molecular weight is 203 g/mol. The molecule has 0 radical (unpaired) electrons. The Morgan fingerprint density at radius 1 is 1.20 bits per heavy atom. The maximum Gasteiger partial charge on any atom is 0.0233 e. The second-order valence-electron chi connectivity index (χ2n) is 4.60. The highest BCUT2D eigenvalue weighted by molar-refractivity contribution is 5.31. The van der Waals surface area contributed by atoms with Gasteiger partial charge in [-0.05, 0) is 56.0 Å². The van der Waals surface area contributed by atoms with Crippen molar-refractivity contribution in [3.05, 3.63) is 34.9 Å². The maximum atomic E-state index is 2.56. The Bertz CT molecular complexity index is 324. The van der Waals surface area contributed by atoms with Crippen LogP contribution in [0.3, 0.4) is 0 Å². The molecule has 1 saturated heterocycles. The summed E-state index contributed by atoms with van der Waals surface area (Å²) in [6.45, 7) is 8.17. The van der Waals surface area contributed by atoms with Gasteiger partial charge in [0, 0.05) is 6.54 Å². The van der Waals surface area contributed by atoms with Gasteiger partial charge in [-0.3, -0.25) is 4.90 Å². The minimum Gasteiger partial charge on any atom is -0.299 e. The summed E-state index contributed by atoms with van der Waals surface area (Å²) in [7, 11) is 0. The van der Waals surface area contributed by atoms with Crippen LogP contribution < -0.4 is 0 Å². The number of hydrogen-bond acceptors (Lipinski definition) is 1. The van der Waals surface area contributed by atoms with E-state index in [0.717, 1.165) is 13.0 Å². The molecule has 15 heavy (non-hydrogen) atoms. The molecule has 0 bridgehead atoms. The lowest BCUT2D eigenvalue weighted by Gasteiger charge is -2.15. The third kappa shape index (κ3) is 2.60. The van der Waals surface area contributed by atoms with Crippen LogP contribution in [0, 0.1) is 6.92 Å². The first-order chi connectivity index (χ1) is 7.29. The van der Waals surface area contributed by atoms with Crippen LogP contribution in [0.4, 0.5) is 0 Å². The van der Waals surface area contributed by atoms with Gasteiger partial charge in [0.15, 0.2) is 0 Å². The van der Waals surface area contributed by atoms with Crippen molar-refractivity contribution < 1.29 is 0 Å². The van der Waals surface area contributed by atoms with E-state index in [2.05, 4.69) is 36.9 Å². The van der Waals surface area contributed by atoms with Crippen LogP contribution in [0.25, 0.3) is 0 Å². The van der Waals surface area contributed by atoms with Crippen LogP contribution in [0.2, 0.25) is 0 Å². The Labute approximate surface area is 93.1 Å². The highest BCUT2D eigenvalue weighted by atomic mass is 15.1. The van der Waals surface area contributed by atoms with E-state index in [1.165, 1.54) is 42.6 Å². The minimum absolute atomic E-state index is 1.14. The fourth-order valence-electron chi connectivity index (χ4n) is 2.45. The topological polar surface area (TPSA) is 3.24 Å². The van der Waals surface area contributed by atoms with Gasteiger partial charge in [-0.25, -0.2) is 0 Å². The second-order valence-corrected chi connectivity index (χ2v) is 4.60. The summed E-state index contributed by atoms with van der Waals surface area (Å²) < 4.78 is 0. The van der Waals surface area contributed by atoms with Crippen molar-refractivity contribution in [2.45, 2.75) is 39.7 Å². The van der Waals surface area contributed by atoms with E-state index in [4.69, 9.17) is 0 Å². The van der Waals surface area contributed by atoms with Gasteiger partial charge in [0.2, 0.25) is 0 Å². The summed E-state index contributed by atoms with van der Waals surface area (Å²) in [4.78, 5) is 2.56. The Hall–Kier alpha value is -0.820. The molecule has 0 unspecified atom stereocenters. The Morgan fingerprint density at radius 3 is 2.53 bits per heavy atom. The maximum absolute atomic E-state index is 2.56. The normalized spacial score (nSPS) is 17.2. The molecule has 1 fully saturated rings. The molecule has 1 aromatic rings. The van der Waals surface area contributed by atoms with E-state index in [0.29, 0.717) is 0 Å². The van der Waals surface area contributed by atoms with Crippen molar-refractivity contribution >= 4 is 0 Å². The van der Waals surface area contributed by atoms with Crippen molar-refractivity contribution in [2.24, 2.45) is 0 Å². The van der Waals surface area contributed by atoms with Crippen molar-refractivity contribution in [3.63, 3.8) is 0 Å². The Balaban J connectivity index is 2.05. The lowest BCUT2D eigenvalue weighted by molar-refractivity contribution is 0.331. The van der Waals surface area contributed by atoms with Gasteiger partial charge >= 0.3 is 0 Å². The van der Waals surface area contributed by atoms with Crippen molar-refractivity contribution in [1.82, 2.24) is 4.90 Å². The van der Waals surface area contributed by atoms with Crippen LogP contribution in [0.15, 0.2) is 18.2 Å². The molecule has 0 spiro atoms. The quantitative estimate of drug-likeness (QED) is 0.729. The van der Waals surface area contributed by atoms with E-state index < -0.39 is 0 Å². The van der Waals surface area contributed by atoms with Crippen LogP contribution in [0.1, 0.15) is 36.5 Å². The highest BCUT2D eigenvalue weighted by Crippen LogP contribution is 2.16. The number of likely N-dealkylation sites (tertiary alicyclic amines) is 1. The van der Waals surface area contributed by atoms with E-state index >= 15 is 0 Å². The first-order valence-electron chi connectivity index (χ1n) is 6.10. The number of aryl methyl sites for hydroxylation is 2. The third-order valence-corrected chi connectivity index (χ3v) is 3.39. The van der Waals surface area contributed by atoms with E-state index in [1.807, 2.05) is 0 Å². The molecule has 1 aromatic carbocycles. The summed E-state index contributed by atoms with van der Waals surface area (Å²) in [6.07, 6.45) is 3.91.